The second kappa shape index (κ2) is 8.89. The molecule has 1 aliphatic rings. The van der Waals surface area contributed by atoms with Crippen LogP contribution in [0, 0.1) is 11.8 Å². The van der Waals surface area contributed by atoms with Crippen LogP contribution in [0.3, 0.4) is 0 Å². The first-order chi connectivity index (χ1) is 14.9. The summed E-state index contributed by atoms with van der Waals surface area (Å²) in [5, 5.41) is 4.06. The first-order valence-electron chi connectivity index (χ1n) is 10.3. The number of benzene rings is 2. The van der Waals surface area contributed by atoms with E-state index in [9.17, 15) is 14.0 Å². The Morgan fingerprint density at radius 1 is 1.06 bits per heavy atom. The van der Waals surface area contributed by atoms with Crippen molar-refractivity contribution in [1.82, 2.24) is 0 Å². The van der Waals surface area contributed by atoms with Crippen LogP contribution in [0.25, 0.3) is 11.0 Å². The summed E-state index contributed by atoms with van der Waals surface area (Å²) in [5.41, 5.74) is 1.14. The molecule has 7 heteroatoms. The van der Waals surface area contributed by atoms with Crippen molar-refractivity contribution < 1.29 is 23.1 Å². The summed E-state index contributed by atoms with van der Waals surface area (Å²) in [4.78, 5) is 23.8. The Hall–Kier alpha value is -3.19. The largest absolute Gasteiger partial charge is 0.429 e. The van der Waals surface area contributed by atoms with E-state index in [0.717, 1.165) is 11.1 Å². The quantitative estimate of drug-likeness (QED) is 0.483. The first kappa shape index (κ1) is 21.1. The Morgan fingerprint density at radius 3 is 2.58 bits per heavy atom. The average Bonchev–Trinajstić information content (AvgIpc) is 2.78. The molecule has 4 rings (SSSR count). The molecule has 0 radical (unpaired) electrons. The topological polar surface area (TPSA) is 77.8 Å². The van der Waals surface area contributed by atoms with Crippen molar-refractivity contribution in [2.24, 2.45) is 11.8 Å². The molecule has 1 saturated heterocycles. The van der Waals surface area contributed by atoms with Crippen molar-refractivity contribution in [2.45, 2.75) is 32.4 Å². The summed E-state index contributed by atoms with van der Waals surface area (Å²) < 4.78 is 31.3. The number of anilines is 1. The molecule has 6 nitrogen and oxygen atoms in total. The van der Waals surface area contributed by atoms with Crippen LogP contribution < -0.4 is 10.9 Å². The average molecular weight is 424 g/mol. The van der Waals surface area contributed by atoms with Crippen LogP contribution in [-0.4, -0.2) is 31.1 Å². The van der Waals surface area contributed by atoms with Gasteiger partial charge in [-0.05, 0) is 42.2 Å². The second-order valence-electron chi connectivity index (χ2n) is 7.86. The van der Waals surface area contributed by atoms with E-state index in [1.165, 1.54) is 6.07 Å². The fourth-order valence-electron chi connectivity index (χ4n) is 3.71. The molecule has 3 aromatic rings. The zero-order valence-corrected chi connectivity index (χ0v) is 17.3. The van der Waals surface area contributed by atoms with Gasteiger partial charge in [-0.2, -0.15) is 0 Å². The minimum atomic E-state index is -1.42. The first-order valence-corrected chi connectivity index (χ1v) is 10.3. The zero-order chi connectivity index (χ0) is 22.0. The third kappa shape index (κ3) is 4.61. The van der Waals surface area contributed by atoms with E-state index in [4.69, 9.17) is 13.9 Å². The number of ether oxygens (including phenoxy) is 2. The lowest BCUT2D eigenvalue weighted by Crippen LogP contribution is -2.51. The van der Waals surface area contributed by atoms with Crippen LogP contribution in [0.5, 0.6) is 0 Å². The number of halogens is 1. The van der Waals surface area contributed by atoms with Crippen molar-refractivity contribution >= 4 is 22.6 Å². The Kier molecular flexibility index (Phi) is 6.04. The Morgan fingerprint density at radius 2 is 1.81 bits per heavy atom. The Balaban J connectivity index is 1.44. The van der Waals surface area contributed by atoms with Crippen LogP contribution in [0.15, 0.2) is 69.9 Å². The minimum Gasteiger partial charge on any atom is -0.429 e. The summed E-state index contributed by atoms with van der Waals surface area (Å²) >= 11 is 0. The molecule has 0 spiro atoms. The lowest BCUT2D eigenvalue weighted by Gasteiger charge is -2.41. The summed E-state index contributed by atoms with van der Waals surface area (Å²) in [6.45, 7) is 4.08. The van der Waals surface area contributed by atoms with Gasteiger partial charge in [-0.15, -0.1) is 0 Å². The molecule has 0 bridgehead atoms. The van der Waals surface area contributed by atoms with E-state index < -0.39 is 24.1 Å². The monoisotopic (exact) mass is 424 g/mol. The van der Waals surface area contributed by atoms with Crippen LogP contribution in [0.1, 0.15) is 24.2 Å². The molecular weight excluding hydrogens is 400 g/mol. The van der Waals surface area contributed by atoms with Gasteiger partial charge >= 0.3 is 11.6 Å². The van der Waals surface area contributed by atoms with E-state index in [2.05, 4.69) is 5.32 Å². The van der Waals surface area contributed by atoms with E-state index in [1.807, 2.05) is 19.1 Å². The van der Waals surface area contributed by atoms with Gasteiger partial charge < -0.3 is 19.2 Å². The normalized spacial score (nSPS) is 25.8. The number of fused-ring (bicyclic) bond motifs is 1. The van der Waals surface area contributed by atoms with Gasteiger partial charge in [-0.1, -0.05) is 32.0 Å². The fraction of sp³-hybridized carbons (Fsp3) is 0.333. The smallest absolute Gasteiger partial charge is 0.340 e. The maximum absolute atomic E-state index is 14.9. The van der Waals surface area contributed by atoms with E-state index >= 15 is 0 Å². The van der Waals surface area contributed by atoms with Crippen molar-refractivity contribution in [2.75, 3.05) is 11.9 Å². The van der Waals surface area contributed by atoms with E-state index in [-0.39, 0.29) is 17.9 Å². The molecule has 1 aromatic heterocycles. The van der Waals surface area contributed by atoms with Gasteiger partial charge in [0, 0.05) is 29.8 Å². The SMILES string of the molecule is CC1[C@H](C)C(CNc2ccc3ccc(=O)oc3c2)OC(OC(=O)c2ccccc2)[C@H]1[18F]. The molecule has 0 amide bonds. The molecule has 3 unspecified atom stereocenters. The number of alkyl halides is 1. The van der Waals surface area contributed by atoms with Crippen molar-refractivity contribution in [3.63, 3.8) is 0 Å². The maximum atomic E-state index is 14.9. The highest BCUT2D eigenvalue weighted by Gasteiger charge is 2.43. The number of hydrogen-bond acceptors (Lipinski definition) is 6. The van der Waals surface area contributed by atoms with Gasteiger partial charge in [0.05, 0.1) is 11.7 Å². The van der Waals surface area contributed by atoms with E-state index in [1.54, 1.807) is 49.4 Å². The van der Waals surface area contributed by atoms with E-state index in [0.29, 0.717) is 17.7 Å². The fourth-order valence-corrected chi connectivity index (χ4v) is 3.71. The van der Waals surface area contributed by atoms with Gasteiger partial charge in [0.25, 0.3) is 0 Å². The molecule has 162 valence electrons. The molecular formula is C24H24FNO5. The van der Waals surface area contributed by atoms with Crippen LogP contribution >= 0.6 is 0 Å². The van der Waals surface area contributed by atoms with Gasteiger partial charge in [0.15, 0.2) is 6.17 Å². The third-order valence-electron chi connectivity index (χ3n) is 5.85. The highest BCUT2D eigenvalue weighted by atomic mass is 18.2. The summed E-state index contributed by atoms with van der Waals surface area (Å²) in [5.74, 6) is -1.08. The van der Waals surface area contributed by atoms with Crippen molar-refractivity contribution in [1.29, 1.82) is 0 Å². The van der Waals surface area contributed by atoms with Crippen LogP contribution in [0.2, 0.25) is 0 Å². The number of carbonyl (C=O) groups excluding carboxylic acids is 1. The summed E-state index contributed by atoms with van der Waals surface area (Å²) in [6, 6.07) is 17.0. The lowest BCUT2D eigenvalue weighted by atomic mass is 9.84. The summed E-state index contributed by atoms with van der Waals surface area (Å²) in [6.07, 6.45) is -3.08. The van der Waals surface area contributed by atoms with Gasteiger partial charge in [0.2, 0.25) is 6.29 Å². The third-order valence-corrected chi connectivity index (χ3v) is 5.85. The molecule has 2 aromatic carbocycles. The number of carbonyl (C=O) groups is 1. The van der Waals surface area contributed by atoms with Crippen molar-refractivity contribution in [3.8, 4) is 0 Å². The van der Waals surface area contributed by atoms with Gasteiger partial charge in [-0.3, -0.25) is 0 Å². The maximum Gasteiger partial charge on any atom is 0.340 e. The standard InChI is InChI=1S/C24H24FNO5/c1-14-15(2)22(25)24(31-23(28)17-6-4-3-5-7-17)30-20(14)13-26-18-10-8-16-9-11-21(27)29-19(16)12-18/h3-12,14-15,20,22,24,26H,13H2,1-2H3/t14-,15?,20?,22-,24?/m0/s1/i25-1. The predicted octanol–water partition coefficient (Wildman–Crippen LogP) is 4.40. The molecule has 2 heterocycles. The predicted molar refractivity (Wildman–Crippen MR) is 115 cm³/mol. The number of hydrogen-bond donors (Lipinski definition) is 1. The number of rotatable bonds is 5. The highest BCUT2D eigenvalue weighted by Crippen LogP contribution is 2.34. The molecule has 31 heavy (non-hydrogen) atoms. The van der Waals surface area contributed by atoms with Gasteiger partial charge in [-0.25, -0.2) is 14.0 Å². The highest BCUT2D eigenvalue weighted by molar-refractivity contribution is 5.89. The number of esters is 1. The lowest BCUT2D eigenvalue weighted by molar-refractivity contribution is -0.227. The molecule has 1 aliphatic heterocycles. The van der Waals surface area contributed by atoms with Gasteiger partial charge in [0.1, 0.15) is 5.58 Å². The summed E-state index contributed by atoms with van der Waals surface area (Å²) in [7, 11) is 0. The molecule has 1 N–H and O–H groups in total. The Bertz CT molecular complexity index is 1120. The van der Waals surface area contributed by atoms with Crippen molar-refractivity contribution in [3.05, 3.63) is 76.6 Å². The minimum absolute atomic E-state index is 0.104. The molecule has 1 fully saturated rings. The molecule has 5 atom stereocenters. The van der Waals surface area contributed by atoms with Crippen LogP contribution in [0.4, 0.5) is 10.1 Å². The second-order valence-corrected chi connectivity index (χ2v) is 7.86. The Labute approximate surface area is 179 Å². The zero-order valence-electron chi connectivity index (χ0n) is 17.3. The van der Waals surface area contributed by atoms with Crippen LogP contribution in [-0.2, 0) is 9.47 Å². The molecule has 0 saturated carbocycles. The molecule has 0 aliphatic carbocycles. The number of nitrogens with one attached hydrogen (secondary N) is 1.